The molecule has 4 rings (SSSR count). The van der Waals surface area contributed by atoms with Gasteiger partial charge in [-0.3, -0.25) is 14.7 Å². The van der Waals surface area contributed by atoms with Crippen molar-refractivity contribution >= 4 is 17.3 Å². The van der Waals surface area contributed by atoms with E-state index in [0.29, 0.717) is 18.1 Å². The predicted octanol–water partition coefficient (Wildman–Crippen LogP) is 0.849. The Bertz CT molecular complexity index is 1230. The number of nitrogens with one attached hydrogen (secondary N) is 2. The van der Waals surface area contributed by atoms with E-state index < -0.39 is 0 Å². The van der Waals surface area contributed by atoms with Crippen LogP contribution >= 0.6 is 0 Å². The third-order valence-electron chi connectivity index (χ3n) is 4.26. The van der Waals surface area contributed by atoms with Crippen molar-refractivity contribution in [3.63, 3.8) is 0 Å². The number of carbonyl (C=O) groups is 1. The van der Waals surface area contributed by atoms with Crippen molar-refractivity contribution in [2.75, 3.05) is 0 Å². The van der Waals surface area contributed by atoms with Gasteiger partial charge >= 0.3 is 0 Å². The molecule has 4 aromatic heterocycles. The van der Waals surface area contributed by atoms with Crippen LogP contribution in [-0.4, -0.2) is 34.9 Å². The lowest BCUT2D eigenvalue weighted by atomic mass is 10.2. The van der Waals surface area contributed by atoms with Gasteiger partial charge in [0.2, 0.25) is 5.91 Å². The van der Waals surface area contributed by atoms with Gasteiger partial charge in [-0.25, -0.2) is 9.97 Å². The number of H-pyrrole nitrogens is 1. The predicted molar refractivity (Wildman–Crippen MR) is 98.6 cm³/mol. The lowest BCUT2D eigenvalue weighted by Gasteiger charge is -2.01. The Morgan fingerprint density at radius 3 is 2.78 bits per heavy atom. The number of imidazole rings is 1. The van der Waals surface area contributed by atoms with Crippen LogP contribution in [0.3, 0.4) is 0 Å². The van der Waals surface area contributed by atoms with Crippen LogP contribution in [0.4, 0.5) is 0 Å². The molecule has 0 bridgehead atoms. The van der Waals surface area contributed by atoms with Gasteiger partial charge in [0.1, 0.15) is 11.5 Å². The van der Waals surface area contributed by atoms with Crippen molar-refractivity contribution in [1.82, 2.24) is 34.3 Å². The maximum Gasteiger partial charge on any atom is 0.274 e. The Morgan fingerprint density at radius 1 is 1.15 bits per heavy atom. The van der Waals surface area contributed by atoms with Gasteiger partial charge < -0.3 is 9.72 Å². The molecular formula is C18H19N7O2. The fraction of sp³-hybridized carbons (Fsp3) is 0.278. The Labute approximate surface area is 154 Å². The first-order valence-corrected chi connectivity index (χ1v) is 8.56. The second kappa shape index (κ2) is 6.35. The van der Waals surface area contributed by atoms with E-state index in [1.54, 1.807) is 6.92 Å². The highest BCUT2D eigenvalue weighted by Crippen LogP contribution is 2.11. The van der Waals surface area contributed by atoms with Crippen molar-refractivity contribution in [2.45, 2.75) is 33.7 Å². The van der Waals surface area contributed by atoms with E-state index in [2.05, 4.69) is 31.4 Å². The molecule has 0 radical (unpaired) electrons. The normalized spacial score (nSPS) is 11.4. The van der Waals surface area contributed by atoms with Gasteiger partial charge in [0, 0.05) is 23.7 Å². The number of aromatic nitrogens is 6. The summed E-state index contributed by atoms with van der Waals surface area (Å²) in [5, 5.41) is 5.64. The smallest absolute Gasteiger partial charge is 0.274 e. The summed E-state index contributed by atoms with van der Waals surface area (Å²) in [6.07, 6.45) is 1.94. The number of amides is 1. The molecular weight excluding hydrogens is 346 g/mol. The molecule has 1 amide bonds. The third kappa shape index (κ3) is 3.31. The highest BCUT2D eigenvalue weighted by molar-refractivity contribution is 5.77. The largest absolute Gasteiger partial charge is 0.350 e. The highest BCUT2D eigenvalue weighted by Gasteiger charge is 2.11. The van der Waals surface area contributed by atoms with Crippen molar-refractivity contribution < 1.29 is 4.79 Å². The van der Waals surface area contributed by atoms with E-state index in [-0.39, 0.29) is 23.7 Å². The molecule has 0 fully saturated rings. The zero-order chi connectivity index (χ0) is 19.1. The first kappa shape index (κ1) is 17.0. The average molecular weight is 365 g/mol. The van der Waals surface area contributed by atoms with Crippen molar-refractivity contribution in [3.8, 4) is 0 Å². The summed E-state index contributed by atoms with van der Waals surface area (Å²) in [6, 6.07) is 5.48. The van der Waals surface area contributed by atoms with E-state index in [1.807, 2.05) is 30.5 Å². The van der Waals surface area contributed by atoms with E-state index >= 15 is 0 Å². The van der Waals surface area contributed by atoms with E-state index in [4.69, 9.17) is 0 Å². The first-order chi connectivity index (χ1) is 12.9. The number of carbonyl (C=O) groups excluding carboxylic acids is 1. The Hall–Kier alpha value is -3.49. The van der Waals surface area contributed by atoms with Gasteiger partial charge in [0.05, 0.1) is 18.7 Å². The molecule has 4 aromatic rings. The van der Waals surface area contributed by atoms with Crippen LogP contribution in [0.1, 0.15) is 28.5 Å². The summed E-state index contributed by atoms with van der Waals surface area (Å²) in [4.78, 5) is 37.0. The minimum atomic E-state index is -0.257. The lowest BCUT2D eigenvalue weighted by molar-refractivity contribution is -0.120. The Balaban J connectivity index is 1.46. The molecule has 9 heteroatoms. The number of aromatic amines is 1. The molecule has 0 aliphatic heterocycles. The summed E-state index contributed by atoms with van der Waals surface area (Å²) in [6.45, 7) is 6.08. The number of fused-ring (bicyclic) bond motifs is 2. The zero-order valence-electron chi connectivity index (χ0n) is 15.3. The fourth-order valence-corrected chi connectivity index (χ4v) is 3.08. The minimum Gasteiger partial charge on any atom is -0.350 e. The SMILES string of the molecule is Cc1cc(C)n2cc(CNC(=O)Cc3nc4nc(C)cc(=O)n4[nH]3)nc2c1. The van der Waals surface area contributed by atoms with Gasteiger partial charge in [-0.2, -0.15) is 9.50 Å². The topological polar surface area (TPSA) is 109 Å². The highest BCUT2D eigenvalue weighted by atomic mass is 16.1. The first-order valence-electron chi connectivity index (χ1n) is 8.56. The molecule has 0 aliphatic carbocycles. The monoisotopic (exact) mass is 365 g/mol. The summed E-state index contributed by atoms with van der Waals surface area (Å²) in [7, 11) is 0. The summed E-state index contributed by atoms with van der Waals surface area (Å²) < 4.78 is 3.22. The summed E-state index contributed by atoms with van der Waals surface area (Å²) in [5.41, 5.74) is 4.19. The Morgan fingerprint density at radius 2 is 1.96 bits per heavy atom. The van der Waals surface area contributed by atoms with Crippen molar-refractivity contribution in [3.05, 3.63) is 63.2 Å². The molecule has 4 heterocycles. The maximum atomic E-state index is 12.2. The molecule has 27 heavy (non-hydrogen) atoms. The van der Waals surface area contributed by atoms with E-state index in [9.17, 15) is 9.59 Å². The van der Waals surface area contributed by atoms with Crippen LogP contribution in [-0.2, 0) is 17.8 Å². The van der Waals surface area contributed by atoms with Gasteiger partial charge in [0.15, 0.2) is 0 Å². The van der Waals surface area contributed by atoms with Crippen LogP contribution in [0.2, 0.25) is 0 Å². The number of aryl methyl sites for hydroxylation is 3. The van der Waals surface area contributed by atoms with Gasteiger partial charge in [-0.15, -0.1) is 0 Å². The quantitative estimate of drug-likeness (QED) is 0.557. The van der Waals surface area contributed by atoms with Gasteiger partial charge in [-0.1, -0.05) is 0 Å². The van der Waals surface area contributed by atoms with Gasteiger partial charge in [0.25, 0.3) is 11.3 Å². The molecule has 2 N–H and O–H groups in total. The second-order valence-corrected chi connectivity index (χ2v) is 6.63. The molecule has 9 nitrogen and oxygen atoms in total. The van der Waals surface area contributed by atoms with Crippen LogP contribution in [0.5, 0.6) is 0 Å². The number of hydrogen-bond acceptors (Lipinski definition) is 5. The molecule has 0 unspecified atom stereocenters. The molecule has 0 saturated heterocycles. The second-order valence-electron chi connectivity index (χ2n) is 6.63. The number of pyridine rings is 1. The summed E-state index contributed by atoms with van der Waals surface area (Å²) >= 11 is 0. The molecule has 0 aromatic carbocycles. The molecule has 0 saturated carbocycles. The molecule has 0 atom stereocenters. The van der Waals surface area contributed by atoms with Gasteiger partial charge in [-0.05, 0) is 38.5 Å². The van der Waals surface area contributed by atoms with E-state index in [1.165, 1.54) is 10.6 Å². The molecule has 0 spiro atoms. The van der Waals surface area contributed by atoms with Crippen LogP contribution in [0.15, 0.2) is 29.2 Å². The van der Waals surface area contributed by atoms with E-state index in [0.717, 1.165) is 22.6 Å². The average Bonchev–Trinajstić information content (AvgIpc) is 3.16. The molecule has 138 valence electrons. The third-order valence-corrected chi connectivity index (χ3v) is 4.26. The Kier molecular flexibility index (Phi) is 3.98. The minimum absolute atomic E-state index is 0.0212. The van der Waals surface area contributed by atoms with Crippen molar-refractivity contribution in [1.29, 1.82) is 0 Å². The number of nitrogens with zero attached hydrogens (tertiary/aromatic N) is 5. The number of hydrogen-bond donors (Lipinski definition) is 2. The molecule has 0 aliphatic rings. The summed E-state index contributed by atoms with van der Waals surface area (Å²) in [5.74, 6) is 0.418. The zero-order valence-corrected chi connectivity index (χ0v) is 15.3. The standard InChI is InChI=1S/C18H19N7O2/c1-10-4-12(3)24-9-13(21-15(24)5-10)8-19-16(26)7-14-22-18-20-11(2)6-17(27)25(18)23-14/h4-6,9H,7-8H2,1-3H3,(H,19,26)(H,20,22,23). The van der Waals surface area contributed by atoms with Crippen LogP contribution < -0.4 is 10.9 Å². The van der Waals surface area contributed by atoms with Crippen molar-refractivity contribution in [2.24, 2.45) is 0 Å². The fourth-order valence-electron chi connectivity index (χ4n) is 3.08. The maximum absolute atomic E-state index is 12.2. The van der Waals surface area contributed by atoms with Crippen LogP contribution in [0, 0.1) is 20.8 Å². The lowest BCUT2D eigenvalue weighted by Crippen LogP contribution is -2.25. The van der Waals surface area contributed by atoms with Crippen LogP contribution in [0.25, 0.3) is 11.4 Å². The number of rotatable bonds is 4.